The molecule has 0 bridgehead atoms. The third kappa shape index (κ3) is 4.93. The predicted molar refractivity (Wildman–Crippen MR) is 89.7 cm³/mol. The Morgan fingerprint density at radius 3 is 2.60 bits per heavy atom. The smallest absolute Gasteiger partial charge is 0.0982 e. The Balaban J connectivity index is 1.67. The van der Waals surface area contributed by atoms with Crippen LogP contribution in [0.5, 0.6) is 0 Å². The molecule has 2 rings (SSSR count). The van der Waals surface area contributed by atoms with Gasteiger partial charge in [0.1, 0.15) is 0 Å². The average molecular weight is 306 g/mol. The minimum Gasteiger partial charge on any atom is -0.310 e. The van der Waals surface area contributed by atoms with Crippen molar-refractivity contribution in [3.05, 3.63) is 46.4 Å². The van der Waals surface area contributed by atoms with Crippen LogP contribution >= 0.6 is 23.1 Å². The molecule has 1 N–H and O–H groups in total. The largest absolute Gasteiger partial charge is 0.310 e. The molecule has 0 saturated carbocycles. The lowest BCUT2D eigenvalue weighted by molar-refractivity contribution is 0.580. The van der Waals surface area contributed by atoms with Crippen LogP contribution in [0.2, 0.25) is 0 Å². The number of hydrogen-bond donors (Lipinski definition) is 1. The monoisotopic (exact) mass is 306 g/mol. The highest BCUT2D eigenvalue weighted by Gasteiger charge is 2.17. The molecule has 0 fully saturated rings. The summed E-state index contributed by atoms with van der Waals surface area (Å²) in [4.78, 5) is 6.02. The van der Waals surface area contributed by atoms with E-state index in [4.69, 9.17) is 0 Å². The highest BCUT2D eigenvalue weighted by atomic mass is 32.2. The molecular weight excluding hydrogens is 284 g/mol. The van der Waals surface area contributed by atoms with Gasteiger partial charge in [-0.25, -0.2) is 4.98 Å². The predicted octanol–water partition coefficient (Wildman–Crippen LogP) is 4.32. The van der Waals surface area contributed by atoms with Crippen LogP contribution in [-0.4, -0.2) is 17.3 Å². The zero-order valence-corrected chi connectivity index (χ0v) is 14.0. The van der Waals surface area contributed by atoms with Crippen LogP contribution < -0.4 is 5.32 Å². The van der Waals surface area contributed by atoms with Crippen LogP contribution in [0, 0.1) is 0 Å². The normalized spacial score (nSPS) is 11.8. The molecule has 0 radical (unpaired) electrons. The molecule has 20 heavy (non-hydrogen) atoms. The number of nitrogens with zero attached hydrogens (tertiary/aromatic N) is 1. The summed E-state index contributed by atoms with van der Waals surface area (Å²) in [5, 5.41) is 6.84. The number of aromatic nitrogens is 1. The third-order valence-corrected chi connectivity index (χ3v) is 5.12. The summed E-state index contributed by atoms with van der Waals surface area (Å²) >= 11 is 3.65. The van der Waals surface area contributed by atoms with E-state index in [1.54, 1.807) is 11.3 Å². The first-order valence-electron chi connectivity index (χ1n) is 6.89. The van der Waals surface area contributed by atoms with Crippen LogP contribution in [0.25, 0.3) is 0 Å². The van der Waals surface area contributed by atoms with Gasteiger partial charge in [0.25, 0.3) is 0 Å². The number of benzene rings is 1. The van der Waals surface area contributed by atoms with E-state index in [9.17, 15) is 0 Å². The van der Waals surface area contributed by atoms with Gasteiger partial charge in [0.05, 0.1) is 10.7 Å². The van der Waals surface area contributed by atoms with Gasteiger partial charge in [-0.3, -0.25) is 0 Å². The number of thioether (sulfide) groups is 1. The summed E-state index contributed by atoms with van der Waals surface area (Å²) < 4.78 is 0. The first-order chi connectivity index (χ1) is 9.55. The SMILES string of the molecule is CC(C)(C)c1nc(CNCCSc2ccccc2)cs1. The van der Waals surface area contributed by atoms with Gasteiger partial charge in [-0.15, -0.1) is 23.1 Å². The van der Waals surface area contributed by atoms with E-state index in [0.717, 1.165) is 24.5 Å². The maximum absolute atomic E-state index is 4.69. The van der Waals surface area contributed by atoms with Gasteiger partial charge >= 0.3 is 0 Å². The van der Waals surface area contributed by atoms with Crippen molar-refractivity contribution >= 4 is 23.1 Å². The van der Waals surface area contributed by atoms with Crippen molar-refractivity contribution in [2.45, 2.75) is 37.6 Å². The van der Waals surface area contributed by atoms with Gasteiger partial charge in [-0.1, -0.05) is 39.0 Å². The van der Waals surface area contributed by atoms with Gasteiger partial charge < -0.3 is 5.32 Å². The molecule has 0 atom stereocenters. The first-order valence-corrected chi connectivity index (χ1v) is 8.76. The molecule has 1 aromatic heterocycles. The van der Waals surface area contributed by atoms with Crippen molar-refractivity contribution in [1.82, 2.24) is 10.3 Å². The Hall–Kier alpha value is -0.840. The molecule has 0 saturated heterocycles. The van der Waals surface area contributed by atoms with Crippen molar-refractivity contribution in [3.8, 4) is 0 Å². The Bertz CT molecular complexity index is 515. The van der Waals surface area contributed by atoms with E-state index < -0.39 is 0 Å². The van der Waals surface area contributed by atoms with Crippen LogP contribution in [-0.2, 0) is 12.0 Å². The molecule has 0 aliphatic carbocycles. The Labute approximate surface area is 130 Å². The summed E-state index contributed by atoms with van der Waals surface area (Å²) in [7, 11) is 0. The fourth-order valence-corrected chi connectivity index (χ4v) is 3.45. The summed E-state index contributed by atoms with van der Waals surface area (Å²) in [5.74, 6) is 1.08. The Morgan fingerprint density at radius 2 is 1.95 bits per heavy atom. The highest BCUT2D eigenvalue weighted by Crippen LogP contribution is 2.25. The molecule has 0 spiro atoms. The standard InChI is InChI=1S/C16H22N2S2/c1-16(2,3)15-18-13(12-20-15)11-17-9-10-19-14-7-5-4-6-8-14/h4-8,12,17H,9-11H2,1-3H3. The van der Waals surface area contributed by atoms with Crippen LogP contribution in [0.4, 0.5) is 0 Å². The molecule has 0 unspecified atom stereocenters. The number of hydrogen-bond acceptors (Lipinski definition) is 4. The molecule has 108 valence electrons. The third-order valence-electron chi connectivity index (χ3n) is 2.79. The van der Waals surface area contributed by atoms with Crippen molar-refractivity contribution in [2.75, 3.05) is 12.3 Å². The topological polar surface area (TPSA) is 24.9 Å². The summed E-state index contributed by atoms with van der Waals surface area (Å²) in [6.45, 7) is 8.49. The lowest BCUT2D eigenvalue weighted by Gasteiger charge is -2.13. The van der Waals surface area contributed by atoms with Gasteiger partial charge in [-0.2, -0.15) is 0 Å². The van der Waals surface area contributed by atoms with Gasteiger partial charge in [-0.05, 0) is 12.1 Å². The molecule has 4 heteroatoms. The summed E-state index contributed by atoms with van der Waals surface area (Å²) in [6, 6.07) is 10.5. The fraction of sp³-hybridized carbons (Fsp3) is 0.438. The van der Waals surface area contributed by atoms with Crippen molar-refractivity contribution in [2.24, 2.45) is 0 Å². The van der Waals surface area contributed by atoms with Crippen molar-refractivity contribution in [1.29, 1.82) is 0 Å². The molecule has 0 amide bonds. The molecule has 1 heterocycles. The second-order valence-electron chi connectivity index (χ2n) is 5.73. The zero-order chi connectivity index (χ0) is 14.4. The summed E-state index contributed by atoms with van der Waals surface area (Å²) in [6.07, 6.45) is 0. The number of thiazole rings is 1. The number of rotatable bonds is 6. The highest BCUT2D eigenvalue weighted by molar-refractivity contribution is 7.99. The van der Waals surface area contributed by atoms with Gasteiger partial charge in [0, 0.05) is 34.5 Å². The Morgan fingerprint density at radius 1 is 1.20 bits per heavy atom. The fourth-order valence-electron chi connectivity index (χ4n) is 1.71. The van der Waals surface area contributed by atoms with Crippen LogP contribution in [0.15, 0.2) is 40.6 Å². The van der Waals surface area contributed by atoms with E-state index in [0.29, 0.717) is 0 Å². The molecule has 0 aliphatic rings. The maximum Gasteiger partial charge on any atom is 0.0982 e. The van der Waals surface area contributed by atoms with Gasteiger partial charge in [0.2, 0.25) is 0 Å². The second-order valence-corrected chi connectivity index (χ2v) is 7.76. The zero-order valence-electron chi connectivity index (χ0n) is 12.3. The minimum atomic E-state index is 0.159. The quantitative estimate of drug-likeness (QED) is 0.635. The van der Waals surface area contributed by atoms with E-state index in [1.165, 1.54) is 9.90 Å². The van der Waals surface area contributed by atoms with Crippen molar-refractivity contribution in [3.63, 3.8) is 0 Å². The maximum atomic E-state index is 4.69. The molecule has 2 aromatic rings. The van der Waals surface area contributed by atoms with Crippen LogP contribution in [0.1, 0.15) is 31.5 Å². The first kappa shape index (κ1) is 15.5. The average Bonchev–Trinajstić information content (AvgIpc) is 2.88. The molecular formula is C16H22N2S2. The van der Waals surface area contributed by atoms with E-state index in [1.807, 2.05) is 11.8 Å². The molecule has 2 nitrogen and oxygen atoms in total. The number of nitrogens with one attached hydrogen (secondary N) is 1. The lowest BCUT2D eigenvalue weighted by Crippen LogP contribution is -2.17. The van der Waals surface area contributed by atoms with Gasteiger partial charge in [0.15, 0.2) is 0 Å². The van der Waals surface area contributed by atoms with E-state index >= 15 is 0 Å². The lowest BCUT2D eigenvalue weighted by atomic mass is 9.98. The molecule has 0 aliphatic heterocycles. The van der Waals surface area contributed by atoms with E-state index in [-0.39, 0.29) is 5.41 Å². The van der Waals surface area contributed by atoms with Crippen LogP contribution in [0.3, 0.4) is 0 Å². The van der Waals surface area contributed by atoms with Crippen molar-refractivity contribution < 1.29 is 0 Å². The summed E-state index contributed by atoms with van der Waals surface area (Å²) in [5.41, 5.74) is 1.32. The minimum absolute atomic E-state index is 0.159. The Kier molecular flexibility index (Phi) is 5.64. The van der Waals surface area contributed by atoms with E-state index in [2.05, 4.69) is 66.8 Å². The molecule has 1 aromatic carbocycles. The second kappa shape index (κ2) is 7.25.